The van der Waals surface area contributed by atoms with Crippen molar-refractivity contribution in [3.05, 3.63) is 77.7 Å². The van der Waals surface area contributed by atoms with E-state index in [9.17, 15) is 23.7 Å². The highest BCUT2D eigenvalue weighted by molar-refractivity contribution is 7.52. The van der Waals surface area contributed by atoms with E-state index in [2.05, 4.69) is 0 Å². The van der Waals surface area contributed by atoms with E-state index < -0.39 is 38.1 Å². The van der Waals surface area contributed by atoms with Crippen molar-refractivity contribution < 1.29 is 33.4 Å². The molecular weight excluding hydrogens is 460 g/mol. The lowest BCUT2D eigenvalue weighted by molar-refractivity contribution is -0.138. The number of hydrogen-bond donors (Lipinski definition) is 3. The number of carboxylic acid groups (broad SMARTS) is 1. The fourth-order valence-corrected chi connectivity index (χ4v) is 4.71. The quantitative estimate of drug-likeness (QED) is 0.336. The molecule has 180 valence electrons. The summed E-state index contributed by atoms with van der Waals surface area (Å²) in [5.74, 6) is -1.75. The van der Waals surface area contributed by atoms with Crippen molar-refractivity contribution in [1.29, 1.82) is 0 Å². The van der Waals surface area contributed by atoms with Gasteiger partial charge in [0.1, 0.15) is 5.82 Å². The average Bonchev–Trinajstić information content (AvgIpc) is 2.77. The molecule has 3 N–H and O–H groups in total. The molecule has 0 bridgehead atoms. The Hall–Kier alpha value is -2.90. The minimum Gasteiger partial charge on any atom is -0.481 e. The predicted molar refractivity (Wildman–Crippen MR) is 127 cm³/mol. The second-order valence-corrected chi connectivity index (χ2v) is 10.2. The lowest BCUT2D eigenvalue weighted by atomic mass is 9.93. The molecule has 1 unspecified atom stereocenters. The number of carbonyl (C=O) groups is 1. The molecule has 34 heavy (non-hydrogen) atoms. The Bertz CT molecular complexity index is 1180. The maximum Gasteiger partial charge on any atom is 0.331 e. The first-order chi connectivity index (χ1) is 16.1. The van der Waals surface area contributed by atoms with E-state index in [0.717, 1.165) is 5.56 Å². The van der Waals surface area contributed by atoms with Gasteiger partial charge in [0.05, 0.1) is 31.0 Å². The third-order valence-corrected chi connectivity index (χ3v) is 6.61. The van der Waals surface area contributed by atoms with E-state index in [-0.39, 0.29) is 12.5 Å². The summed E-state index contributed by atoms with van der Waals surface area (Å²) < 4.78 is 31.5. The van der Waals surface area contributed by atoms with Crippen molar-refractivity contribution in [2.45, 2.75) is 38.9 Å². The predicted octanol–water partition coefficient (Wildman–Crippen LogP) is 5.22. The minimum absolute atomic E-state index is 0.0721. The van der Waals surface area contributed by atoms with E-state index in [1.165, 1.54) is 12.1 Å². The first-order valence-electron chi connectivity index (χ1n) is 10.8. The highest BCUT2D eigenvalue weighted by Gasteiger charge is 2.27. The third kappa shape index (κ3) is 6.81. The number of carboxylic acids is 1. The van der Waals surface area contributed by atoms with Gasteiger partial charge in [-0.15, -0.1) is 0 Å². The number of aliphatic hydroxyl groups is 1. The number of aliphatic hydroxyl groups excluding tert-OH is 1. The van der Waals surface area contributed by atoms with Gasteiger partial charge in [-0.05, 0) is 35.2 Å². The van der Waals surface area contributed by atoms with Crippen molar-refractivity contribution in [2.24, 2.45) is 0 Å². The molecular formula is C25H27FNO6P. The van der Waals surface area contributed by atoms with Crippen LogP contribution < -0.4 is 0 Å². The molecule has 2 aromatic carbocycles. The van der Waals surface area contributed by atoms with Crippen LogP contribution in [-0.2, 0) is 20.5 Å². The maximum absolute atomic E-state index is 13.6. The lowest BCUT2D eigenvalue weighted by Crippen LogP contribution is -2.18. The molecule has 7 nitrogen and oxygen atoms in total. The summed E-state index contributed by atoms with van der Waals surface area (Å²) in [5.41, 5.74) is 4.13. The fraction of sp³-hybridized carbons (Fsp3) is 0.280. The first-order valence-corrected chi connectivity index (χ1v) is 12.5. The first kappa shape index (κ1) is 25.7. The van der Waals surface area contributed by atoms with E-state index >= 15 is 0 Å². The van der Waals surface area contributed by atoms with Crippen LogP contribution in [0.3, 0.4) is 0 Å². The number of aliphatic carboxylic acids is 1. The van der Waals surface area contributed by atoms with Crippen LogP contribution in [0, 0.1) is 5.82 Å². The van der Waals surface area contributed by atoms with Crippen LogP contribution >= 0.6 is 7.60 Å². The molecule has 1 aromatic heterocycles. The molecule has 3 rings (SSSR count). The Morgan fingerprint density at radius 3 is 2.32 bits per heavy atom. The SMILES string of the molecule is CC(C)c1nc(-c2ccccc2)cc(-c2ccc(F)cc2)c1COP(=O)(O)C[C@@H](O)CC(=O)O. The fourth-order valence-electron chi connectivity index (χ4n) is 3.61. The van der Waals surface area contributed by atoms with Crippen molar-refractivity contribution in [3.8, 4) is 22.4 Å². The van der Waals surface area contributed by atoms with Gasteiger partial charge in [-0.1, -0.05) is 56.3 Å². The molecule has 0 fully saturated rings. The highest BCUT2D eigenvalue weighted by Crippen LogP contribution is 2.45. The van der Waals surface area contributed by atoms with Gasteiger partial charge >= 0.3 is 13.6 Å². The Labute approximate surface area is 197 Å². The monoisotopic (exact) mass is 487 g/mol. The van der Waals surface area contributed by atoms with E-state index in [1.807, 2.05) is 50.2 Å². The zero-order chi connectivity index (χ0) is 24.9. The van der Waals surface area contributed by atoms with Crippen molar-refractivity contribution >= 4 is 13.6 Å². The summed E-state index contributed by atoms with van der Waals surface area (Å²) in [6.07, 6.45) is -2.90. The largest absolute Gasteiger partial charge is 0.481 e. The van der Waals surface area contributed by atoms with Crippen LogP contribution in [0.15, 0.2) is 60.7 Å². The molecule has 0 saturated heterocycles. The molecule has 2 atom stereocenters. The van der Waals surface area contributed by atoms with Crippen LogP contribution in [0.25, 0.3) is 22.4 Å². The normalized spacial score (nSPS) is 14.1. The van der Waals surface area contributed by atoms with E-state index in [0.29, 0.717) is 28.1 Å². The minimum atomic E-state index is -4.31. The number of rotatable bonds is 10. The van der Waals surface area contributed by atoms with Gasteiger partial charge in [0, 0.05) is 16.8 Å². The van der Waals surface area contributed by atoms with Gasteiger partial charge in [-0.3, -0.25) is 14.3 Å². The van der Waals surface area contributed by atoms with Gasteiger partial charge in [0.25, 0.3) is 0 Å². The molecule has 0 radical (unpaired) electrons. The van der Waals surface area contributed by atoms with Crippen LogP contribution in [0.4, 0.5) is 4.39 Å². The van der Waals surface area contributed by atoms with Gasteiger partial charge in [-0.25, -0.2) is 4.39 Å². The Morgan fingerprint density at radius 2 is 1.74 bits per heavy atom. The molecule has 0 aliphatic carbocycles. The molecule has 0 aliphatic heterocycles. The second kappa shape index (κ2) is 11.0. The summed E-state index contributed by atoms with van der Waals surface area (Å²) in [6, 6.07) is 17.2. The van der Waals surface area contributed by atoms with Crippen LogP contribution in [-0.4, -0.2) is 38.3 Å². The molecule has 0 spiro atoms. The van der Waals surface area contributed by atoms with Gasteiger partial charge in [0.2, 0.25) is 0 Å². The van der Waals surface area contributed by atoms with E-state index in [1.54, 1.807) is 12.1 Å². The summed E-state index contributed by atoms with van der Waals surface area (Å²) in [6.45, 7) is 3.57. The number of pyridine rings is 1. The van der Waals surface area contributed by atoms with E-state index in [4.69, 9.17) is 14.6 Å². The number of halogens is 1. The van der Waals surface area contributed by atoms with Gasteiger partial charge < -0.3 is 19.6 Å². The number of hydrogen-bond acceptors (Lipinski definition) is 5. The summed E-state index contributed by atoms with van der Waals surface area (Å²) in [4.78, 5) is 25.8. The maximum atomic E-state index is 13.6. The molecule has 0 amide bonds. The molecule has 3 aromatic rings. The molecule has 9 heteroatoms. The molecule has 0 saturated carbocycles. The smallest absolute Gasteiger partial charge is 0.331 e. The third-order valence-electron chi connectivity index (χ3n) is 5.19. The zero-order valence-electron chi connectivity index (χ0n) is 18.9. The van der Waals surface area contributed by atoms with Gasteiger partial charge in [-0.2, -0.15) is 0 Å². The van der Waals surface area contributed by atoms with Crippen molar-refractivity contribution in [3.63, 3.8) is 0 Å². The summed E-state index contributed by atoms with van der Waals surface area (Å²) >= 11 is 0. The van der Waals surface area contributed by atoms with Crippen LogP contribution in [0.5, 0.6) is 0 Å². The molecule has 0 aliphatic rings. The Kier molecular flexibility index (Phi) is 8.33. The standard InChI is InChI=1S/C25H27FNO6P/c1-16(2)25-22(14-33-34(31,32)15-20(28)12-24(29)30)21(17-8-10-19(26)11-9-17)13-23(27-25)18-6-4-3-5-7-18/h3-11,13,16,20,28H,12,14-15H2,1-2H3,(H,29,30)(H,31,32)/t20-/m0/s1. The lowest BCUT2D eigenvalue weighted by Gasteiger charge is -2.21. The second-order valence-electron chi connectivity index (χ2n) is 8.29. The number of benzene rings is 2. The zero-order valence-corrected chi connectivity index (χ0v) is 19.8. The topological polar surface area (TPSA) is 117 Å². The Balaban J connectivity index is 2.04. The summed E-state index contributed by atoms with van der Waals surface area (Å²) in [5, 5.41) is 18.6. The highest BCUT2D eigenvalue weighted by atomic mass is 31.2. The molecule has 1 heterocycles. The van der Waals surface area contributed by atoms with Gasteiger partial charge in [0.15, 0.2) is 0 Å². The van der Waals surface area contributed by atoms with Crippen molar-refractivity contribution in [2.75, 3.05) is 6.16 Å². The number of aromatic nitrogens is 1. The van der Waals surface area contributed by atoms with Crippen molar-refractivity contribution in [1.82, 2.24) is 4.98 Å². The van der Waals surface area contributed by atoms with Crippen LogP contribution in [0.1, 0.15) is 37.4 Å². The average molecular weight is 487 g/mol. The summed E-state index contributed by atoms with van der Waals surface area (Å²) in [7, 11) is -4.31. The number of nitrogens with zero attached hydrogens (tertiary/aromatic N) is 1. The Morgan fingerprint density at radius 1 is 1.09 bits per heavy atom. The van der Waals surface area contributed by atoms with Crippen LogP contribution in [0.2, 0.25) is 0 Å².